The molecule has 0 unspecified atom stereocenters. The fraction of sp³-hybridized carbons (Fsp3) is 0.643. The quantitative estimate of drug-likeness (QED) is 0.760. The molecule has 0 aliphatic carbocycles. The molecule has 0 amide bonds. The predicted molar refractivity (Wildman–Crippen MR) is 98.4 cm³/mol. The molecule has 0 saturated heterocycles. The Morgan fingerprint density at radius 2 is 2.00 bits per heavy atom. The zero-order valence-corrected chi connectivity index (χ0v) is 17.1. The Morgan fingerprint density at radius 1 is 1.33 bits per heavy atom. The van der Waals surface area contributed by atoms with Crippen LogP contribution in [0.2, 0.25) is 0 Å². The molecular weight excluding hydrogens is 366 g/mol. The smallest absolute Gasteiger partial charge is 0.267 e. The minimum absolute atomic E-state index is 0.0733. The number of anilines is 1. The number of thioether (sulfide) groups is 1. The van der Waals surface area contributed by atoms with E-state index in [0.717, 1.165) is 10.1 Å². The Bertz CT molecular complexity index is 803. The van der Waals surface area contributed by atoms with Crippen molar-refractivity contribution in [1.82, 2.24) is 20.0 Å². The lowest BCUT2D eigenvalue weighted by Crippen LogP contribution is -2.20. The van der Waals surface area contributed by atoms with Crippen molar-refractivity contribution < 1.29 is 8.42 Å². The van der Waals surface area contributed by atoms with E-state index in [-0.39, 0.29) is 16.1 Å². The molecule has 1 N–H and O–H groups in total. The first-order valence-corrected chi connectivity index (χ1v) is 10.9. The second-order valence-electron chi connectivity index (χ2n) is 6.58. The second kappa shape index (κ2) is 7.01. The molecule has 0 aliphatic heterocycles. The van der Waals surface area contributed by atoms with Crippen LogP contribution in [0.25, 0.3) is 0 Å². The minimum atomic E-state index is -3.78. The highest BCUT2D eigenvalue weighted by molar-refractivity contribution is 8.01. The third-order valence-electron chi connectivity index (χ3n) is 3.12. The highest BCUT2D eigenvalue weighted by Gasteiger charge is 2.31. The van der Waals surface area contributed by atoms with E-state index in [1.165, 1.54) is 23.1 Å². The van der Waals surface area contributed by atoms with Crippen LogP contribution in [-0.2, 0) is 15.4 Å². The summed E-state index contributed by atoms with van der Waals surface area (Å²) in [4.78, 5) is 0.184. The average molecular weight is 390 g/mol. The van der Waals surface area contributed by atoms with E-state index in [4.69, 9.17) is 0 Å². The van der Waals surface area contributed by atoms with Gasteiger partial charge in [0.15, 0.2) is 4.34 Å². The van der Waals surface area contributed by atoms with E-state index in [0.29, 0.717) is 5.69 Å². The summed E-state index contributed by atoms with van der Waals surface area (Å²) in [5, 5.41) is 12.6. The fourth-order valence-corrected chi connectivity index (χ4v) is 5.18. The van der Waals surface area contributed by atoms with E-state index in [1.807, 2.05) is 41.5 Å². The summed E-state index contributed by atoms with van der Waals surface area (Å²) >= 11 is 2.76. The van der Waals surface area contributed by atoms with Gasteiger partial charge in [0, 0.05) is 17.7 Å². The van der Waals surface area contributed by atoms with Gasteiger partial charge < -0.3 is 0 Å². The fourth-order valence-electron chi connectivity index (χ4n) is 1.96. The van der Waals surface area contributed by atoms with Crippen LogP contribution in [0.4, 0.5) is 5.13 Å². The topological polar surface area (TPSA) is 89.8 Å². The monoisotopic (exact) mass is 389 g/mol. The molecule has 0 spiro atoms. The first kappa shape index (κ1) is 19.2. The first-order valence-electron chi connectivity index (χ1n) is 7.63. The van der Waals surface area contributed by atoms with Crippen molar-refractivity contribution in [1.29, 1.82) is 0 Å². The van der Waals surface area contributed by atoms with Crippen LogP contribution in [0.1, 0.15) is 53.3 Å². The molecule has 2 aromatic rings. The molecule has 10 heteroatoms. The van der Waals surface area contributed by atoms with Gasteiger partial charge >= 0.3 is 0 Å². The standard InChI is InChI=1S/C14H23N5O2S3/c1-7-22-13-16-15-12(23-13)18-24(20,21)10-8-19(9(2)3)17-11(10)14(4,5)6/h8-9H,7H2,1-6H3,(H,15,18). The van der Waals surface area contributed by atoms with Crippen molar-refractivity contribution in [3.8, 4) is 0 Å². The number of hydrogen-bond donors (Lipinski definition) is 1. The van der Waals surface area contributed by atoms with Gasteiger partial charge in [0.05, 0.1) is 5.69 Å². The second-order valence-corrected chi connectivity index (χ2v) is 10.7. The van der Waals surface area contributed by atoms with Gasteiger partial charge in [-0.1, -0.05) is 50.8 Å². The van der Waals surface area contributed by atoms with Crippen molar-refractivity contribution in [2.24, 2.45) is 0 Å². The molecule has 0 fully saturated rings. The van der Waals surface area contributed by atoms with E-state index in [9.17, 15) is 8.42 Å². The van der Waals surface area contributed by atoms with E-state index < -0.39 is 15.4 Å². The van der Waals surface area contributed by atoms with Gasteiger partial charge in [0.2, 0.25) is 5.13 Å². The van der Waals surface area contributed by atoms with Gasteiger partial charge in [-0.2, -0.15) is 5.10 Å². The molecule has 0 saturated carbocycles. The molecule has 2 heterocycles. The first-order chi connectivity index (χ1) is 11.0. The van der Waals surface area contributed by atoms with Crippen molar-refractivity contribution >= 4 is 38.3 Å². The average Bonchev–Trinajstić information content (AvgIpc) is 3.05. The maximum Gasteiger partial charge on any atom is 0.267 e. The summed E-state index contributed by atoms with van der Waals surface area (Å²) in [6.07, 6.45) is 1.58. The summed E-state index contributed by atoms with van der Waals surface area (Å²) in [7, 11) is -3.78. The predicted octanol–water partition coefficient (Wildman–Crippen LogP) is 3.53. The van der Waals surface area contributed by atoms with Crippen molar-refractivity contribution in [2.45, 2.75) is 62.2 Å². The van der Waals surface area contributed by atoms with Crippen LogP contribution in [-0.4, -0.2) is 34.1 Å². The lowest BCUT2D eigenvalue weighted by Gasteiger charge is -2.17. The van der Waals surface area contributed by atoms with Gasteiger partial charge in [0.25, 0.3) is 10.0 Å². The van der Waals surface area contributed by atoms with Gasteiger partial charge in [-0.05, 0) is 19.6 Å². The molecule has 2 rings (SSSR count). The Labute approximate surface area is 151 Å². The third kappa shape index (κ3) is 4.28. The maximum absolute atomic E-state index is 12.8. The number of aromatic nitrogens is 4. The molecule has 0 aliphatic rings. The number of nitrogens with one attached hydrogen (secondary N) is 1. The molecule has 24 heavy (non-hydrogen) atoms. The normalized spacial score (nSPS) is 12.8. The molecule has 134 valence electrons. The highest BCUT2D eigenvalue weighted by Crippen LogP contribution is 2.31. The summed E-state index contributed by atoms with van der Waals surface area (Å²) < 4.78 is 30.6. The maximum atomic E-state index is 12.8. The third-order valence-corrected chi connectivity index (χ3v) is 6.45. The van der Waals surface area contributed by atoms with Gasteiger partial charge in [-0.25, -0.2) is 8.42 Å². The summed E-state index contributed by atoms with van der Waals surface area (Å²) in [6.45, 7) is 11.8. The number of hydrogen-bond acceptors (Lipinski definition) is 7. The van der Waals surface area contributed by atoms with Crippen LogP contribution < -0.4 is 4.72 Å². The Morgan fingerprint density at radius 3 is 2.54 bits per heavy atom. The van der Waals surface area contributed by atoms with Crippen LogP contribution in [0.5, 0.6) is 0 Å². The van der Waals surface area contributed by atoms with Crippen molar-refractivity contribution in [3.05, 3.63) is 11.9 Å². The lowest BCUT2D eigenvalue weighted by molar-refractivity contribution is 0.493. The minimum Gasteiger partial charge on any atom is -0.269 e. The van der Waals surface area contributed by atoms with E-state index in [2.05, 4.69) is 20.0 Å². The van der Waals surface area contributed by atoms with E-state index in [1.54, 1.807) is 10.9 Å². The molecule has 0 bridgehead atoms. The van der Waals surface area contributed by atoms with Gasteiger partial charge in [-0.3, -0.25) is 9.40 Å². The van der Waals surface area contributed by atoms with Crippen LogP contribution in [0.3, 0.4) is 0 Å². The van der Waals surface area contributed by atoms with Crippen LogP contribution in [0.15, 0.2) is 15.4 Å². The van der Waals surface area contributed by atoms with Crippen LogP contribution in [0, 0.1) is 0 Å². The van der Waals surface area contributed by atoms with Gasteiger partial charge in [-0.15, -0.1) is 10.2 Å². The van der Waals surface area contributed by atoms with E-state index >= 15 is 0 Å². The molecule has 2 aromatic heterocycles. The summed E-state index contributed by atoms with van der Waals surface area (Å²) in [5.41, 5.74) is 0.144. The Hall–Kier alpha value is -1.13. The zero-order valence-electron chi connectivity index (χ0n) is 14.7. The Balaban J connectivity index is 2.40. The molecule has 0 aromatic carbocycles. The number of nitrogens with zero attached hydrogens (tertiary/aromatic N) is 4. The Kier molecular flexibility index (Phi) is 5.61. The summed E-state index contributed by atoms with van der Waals surface area (Å²) in [5.74, 6) is 0.858. The number of sulfonamides is 1. The zero-order chi connectivity index (χ0) is 18.1. The van der Waals surface area contributed by atoms with Crippen molar-refractivity contribution in [3.63, 3.8) is 0 Å². The summed E-state index contributed by atoms with van der Waals surface area (Å²) in [6, 6.07) is 0.0733. The number of rotatable bonds is 6. The molecule has 0 atom stereocenters. The van der Waals surface area contributed by atoms with Gasteiger partial charge in [0.1, 0.15) is 4.90 Å². The molecule has 0 radical (unpaired) electrons. The largest absolute Gasteiger partial charge is 0.269 e. The molecule has 7 nitrogen and oxygen atoms in total. The van der Waals surface area contributed by atoms with Crippen LogP contribution >= 0.6 is 23.1 Å². The van der Waals surface area contributed by atoms with Crippen molar-refractivity contribution in [2.75, 3.05) is 10.5 Å². The highest BCUT2D eigenvalue weighted by atomic mass is 32.2. The lowest BCUT2D eigenvalue weighted by atomic mass is 9.92. The molecular formula is C14H23N5O2S3. The SMILES string of the molecule is CCSc1nnc(NS(=O)(=O)c2cn(C(C)C)nc2C(C)(C)C)s1.